The molecule has 0 saturated carbocycles. The summed E-state index contributed by atoms with van der Waals surface area (Å²) in [6.45, 7) is 1.07. The second-order valence-corrected chi connectivity index (χ2v) is 5.79. The van der Waals surface area contributed by atoms with E-state index >= 15 is 0 Å². The zero-order valence-corrected chi connectivity index (χ0v) is 12.8. The van der Waals surface area contributed by atoms with Gasteiger partial charge in [0.05, 0.1) is 0 Å². The van der Waals surface area contributed by atoms with Gasteiger partial charge >= 0.3 is 0 Å². The monoisotopic (exact) mass is 354 g/mol. The molecule has 104 valence electrons. The quantitative estimate of drug-likeness (QED) is 0.886. The van der Waals surface area contributed by atoms with E-state index in [9.17, 15) is 5.11 Å². The molecule has 1 heterocycles. The van der Waals surface area contributed by atoms with Crippen LogP contribution in [0.25, 0.3) is 0 Å². The number of hydrogen-bond acceptors (Lipinski definition) is 3. The van der Waals surface area contributed by atoms with Crippen LogP contribution in [0.15, 0.2) is 40.9 Å². The van der Waals surface area contributed by atoms with Crippen molar-refractivity contribution in [3.63, 3.8) is 0 Å². The van der Waals surface area contributed by atoms with E-state index in [4.69, 9.17) is 21.1 Å². The first-order chi connectivity index (χ1) is 9.65. The van der Waals surface area contributed by atoms with Crippen LogP contribution in [0.1, 0.15) is 17.2 Å². The standard InChI is InChI=1S/C15H12BrClO3/c16-10-2-3-12(17)11(8-10)15(18)9-1-4-13-14(7-9)20-6-5-19-13/h1-4,7-8,15,18H,5-6H2. The highest BCUT2D eigenvalue weighted by Gasteiger charge is 2.18. The van der Waals surface area contributed by atoms with Gasteiger partial charge in [0.2, 0.25) is 0 Å². The van der Waals surface area contributed by atoms with Gasteiger partial charge in [-0.2, -0.15) is 0 Å². The van der Waals surface area contributed by atoms with Gasteiger partial charge in [-0.25, -0.2) is 0 Å². The van der Waals surface area contributed by atoms with Crippen LogP contribution in [0.3, 0.4) is 0 Å². The number of halogens is 2. The predicted octanol–water partition coefficient (Wildman–Crippen LogP) is 3.96. The average molecular weight is 356 g/mol. The van der Waals surface area contributed by atoms with Gasteiger partial charge in [-0.15, -0.1) is 0 Å². The lowest BCUT2D eigenvalue weighted by Gasteiger charge is -2.20. The van der Waals surface area contributed by atoms with Gasteiger partial charge in [0.25, 0.3) is 0 Å². The molecule has 0 amide bonds. The van der Waals surface area contributed by atoms with E-state index < -0.39 is 6.10 Å². The Labute approximate surface area is 130 Å². The van der Waals surface area contributed by atoms with Crippen molar-refractivity contribution in [1.29, 1.82) is 0 Å². The van der Waals surface area contributed by atoms with Crippen LogP contribution in [-0.4, -0.2) is 18.3 Å². The molecule has 0 fully saturated rings. The molecule has 20 heavy (non-hydrogen) atoms. The number of rotatable bonds is 2. The highest BCUT2D eigenvalue weighted by Crippen LogP contribution is 2.36. The minimum Gasteiger partial charge on any atom is -0.486 e. The number of aliphatic hydroxyl groups is 1. The molecule has 0 spiro atoms. The van der Waals surface area contributed by atoms with Crippen molar-refractivity contribution in [2.24, 2.45) is 0 Å². The van der Waals surface area contributed by atoms with Crippen molar-refractivity contribution in [3.05, 3.63) is 57.0 Å². The normalized spacial score (nSPS) is 14.9. The molecule has 1 atom stereocenters. The van der Waals surface area contributed by atoms with Gasteiger partial charge in [-0.05, 0) is 35.9 Å². The number of benzene rings is 2. The maximum absolute atomic E-state index is 10.5. The van der Waals surface area contributed by atoms with E-state index in [1.807, 2.05) is 18.2 Å². The van der Waals surface area contributed by atoms with E-state index in [1.54, 1.807) is 18.2 Å². The van der Waals surface area contributed by atoms with E-state index in [0.29, 0.717) is 40.9 Å². The maximum Gasteiger partial charge on any atom is 0.161 e. The molecule has 0 aliphatic carbocycles. The zero-order valence-electron chi connectivity index (χ0n) is 10.5. The third-order valence-electron chi connectivity index (χ3n) is 3.13. The minimum atomic E-state index is -0.809. The summed E-state index contributed by atoms with van der Waals surface area (Å²) in [6, 6.07) is 10.8. The number of ether oxygens (including phenoxy) is 2. The van der Waals surface area contributed by atoms with E-state index in [0.717, 1.165) is 4.47 Å². The average Bonchev–Trinajstić information content (AvgIpc) is 2.48. The van der Waals surface area contributed by atoms with E-state index in [-0.39, 0.29) is 0 Å². The smallest absolute Gasteiger partial charge is 0.161 e. The number of hydrogen-bond donors (Lipinski definition) is 1. The molecule has 0 saturated heterocycles. The van der Waals surface area contributed by atoms with Crippen LogP contribution in [0, 0.1) is 0 Å². The number of aliphatic hydroxyl groups excluding tert-OH is 1. The Balaban J connectivity index is 1.97. The van der Waals surface area contributed by atoms with Gasteiger partial charge in [-0.1, -0.05) is 33.6 Å². The molecule has 1 aliphatic heterocycles. The zero-order chi connectivity index (χ0) is 14.1. The molecule has 0 aromatic heterocycles. The van der Waals surface area contributed by atoms with E-state index in [1.165, 1.54) is 0 Å². The molecule has 1 aliphatic rings. The minimum absolute atomic E-state index is 0.518. The molecular weight excluding hydrogens is 344 g/mol. The maximum atomic E-state index is 10.5. The third-order valence-corrected chi connectivity index (χ3v) is 3.97. The molecule has 0 radical (unpaired) electrons. The van der Waals surface area contributed by atoms with Crippen LogP contribution in [0.4, 0.5) is 0 Å². The van der Waals surface area contributed by atoms with Crippen LogP contribution < -0.4 is 9.47 Å². The SMILES string of the molecule is OC(c1ccc2c(c1)OCCO2)c1cc(Br)ccc1Cl. The predicted molar refractivity (Wildman–Crippen MR) is 80.6 cm³/mol. The first-order valence-electron chi connectivity index (χ1n) is 6.18. The Morgan fingerprint density at radius 3 is 2.60 bits per heavy atom. The highest BCUT2D eigenvalue weighted by molar-refractivity contribution is 9.10. The summed E-state index contributed by atoms with van der Waals surface area (Å²) in [7, 11) is 0. The fourth-order valence-corrected chi connectivity index (χ4v) is 2.73. The van der Waals surface area contributed by atoms with Crippen LogP contribution in [0.2, 0.25) is 5.02 Å². The molecule has 2 aromatic rings. The fraction of sp³-hybridized carbons (Fsp3) is 0.200. The molecule has 2 aromatic carbocycles. The van der Waals surface area contributed by atoms with Crippen molar-refractivity contribution in [2.75, 3.05) is 13.2 Å². The molecule has 3 rings (SSSR count). The Morgan fingerprint density at radius 1 is 1.05 bits per heavy atom. The summed E-state index contributed by atoms with van der Waals surface area (Å²) in [5.74, 6) is 1.35. The third kappa shape index (κ3) is 2.64. The molecule has 3 nitrogen and oxygen atoms in total. The second-order valence-electron chi connectivity index (χ2n) is 4.47. The summed E-state index contributed by atoms with van der Waals surface area (Å²) in [5, 5.41) is 11.0. The highest BCUT2D eigenvalue weighted by atomic mass is 79.9. The van der Waals surface area contributed by atoms with E-state index in [2.05, 4.69) is 15.9 Å². The summed E-state index contributed by atoms with van der Waals surface area (Å²) in [6.07, 6.45) is -0.809. The van der Waals surface area contributed by atoms with Crippen molar-refractivity contribution < 1.29 is 14.6 Å². The molecular formula is C15H12BrClO3. The number of fused-ring (bicyclic) bond motifs is 1. The van der Waals surface area contributed by atoms with Crippen molar-refractivity contribution >= 4 is 27.5 Å². The summed E-state index contributed by atoms with van der Waals surface area (Å²) < 4.78 is 11.9. The van der Waals surface area contributed by atoms with Gasteiger partial charge in [0.15, 0.2) is 11.5 Å². The van der Waals surface area contributed by atoms with Crippen LogP contribution in [0.5, 0.6) is 11.5 Å². The summed E-state index contributed by atoms with van der Waals surface area (Å²) in [4.78, 5) is 0. The van der Waals surface area contributed by atoms with Crippen molar-refractivity contribution in [2.45, 2.75) is 6.10 Å². The summed E-state index contributed by atoms with van der Waals surface area (Å²) >= 11 is 9.53. The second kappa shape index (κ2) is 5.64. The molecule has 1 N–H and O–H groups in total. The first kappa shape index (κ1) is 13.7. The van der Waals surface area contributed by atoms with Gasteiger partial charge in [0, 0.05) is 15.1 Å². The summed E-state index contributed by atoms with van der Waals surface area (Å²) in [5.41, 5.74) is 1.37. The van der Waals surface area contributed by atoms with Crippen LogP contribution in [-0.2, 0) is 0 Å². The molecule has 5 heteroatoms. The lowest BCUT2D eigenvalue weighted by Crippen LogP contribution is -2.15. The van der Waals surface area contributed by atoms with Gasteiger partial charge in [0.1, 0.15) is 19.3 Å². The Hall–Kier alpha value is -1.23. The lowest BCUT2D eigenvalue weighted by molar-refractivity contribution is 0.169. The largest absolute Gasteiger partial charge is 0.486 e. The lowest BCUT2D eigenvalue weighted by atomic mass is 10.0. The first-order valence-corrected chi connectivity index (χ1v) is 7.35. The van der Waals surface area contributed by atoms with Crippen LogP contribution >= 0.6 is 27.5 Å². The van der Waals surface area contributed by atoms with Gasteiger partial charge in [-0.3, -0.25) is 0 Å². The van der Waals surface area contributed by atoms with Crippen molar-refractivity contribution in [3.8, 4) is 11.5 Å². The fourth-order valence-electron chi connectivity index (χ4n) is 2.13. The molecule has 0 bridgehead atoms. The topological polar surface area (TPSA) is 38.7 Å². The van der Waals surface area contributed by atoms with Gasteiger partial charge < -0.3 is 14.6 Å². The Bertz CT molecular complexity index is 645. The van der Waals surface area contributed by atoms with Crippen molar-refractivity contribution in [1.82, 2.24) is 0 Å². The molecule has 1 unspecified atom stereocenters. The Morgan fingerprint density at radius 2 is 1.80 bits per heavy atom. The Kier molecular flexibility index (Phi) is 3.87.